The van der Waals surface area contributed by atoms with Gasteiger partial charge < -0.3 is 0 Å². The first-order valence-corrected chi connectivity index (χ1v) is 5.90. The molecule has 0 saturated heterocycles. The highest BCUT2D eigenvalue weighted by Gasteiger charge is 2.26. The fourth-order valence-corrected chi connectivity index (χ4v) is 2.62. The molecule has 1 aromatic carbocycles. The number of hydrogen-bond acceptors (Lipinski definition) is 0. The first kappa shape index (κ1) is 10.0. The third-order valence-electron chi connectivity index (χ3n) is 3.34. The molecule has 0 bridgehead atoms. The van der Waals surface area contributed by atoms with Crippen molar-refractivity contribution in [1.82, 2.24) is 0 Å². The molecule has 76 valence electrons. The van der Waals surface area contributed by atoms with Crippen LogP contribution in [0.2, 0.25) is 0 Å². The molecule has 0 amide bonds. The summed E-state index contributed by atoms with van der Waals surface area (Å²) in [5, 5.41) is 0.398. The Morgan fingerprint density at radius 3 is 2.50 bits per heavy atom. The van der Waals surface area contributed by atoms with E-state index in [-0.39, 0.29) is 0 Å². The van der Waals surface area contributed by atoms with E-state index in [0.717, 1.165) is 5.92 Å². The topological polar surface area (TPSA) is 0 Å². The summed E-state index contributed by atoms with van der Waals surface area (Å²) in [4.78, 5) is 0. The van der Waals surface area contributed by atoms with Gasteiger partial charge in [-0.2, -0.15) is 0 Å². The Kier molecular flexibility index (Phi) is 3.12. The second-order valence-corrected chi connectivity index (χ2v) is 4.97. The summed E-state index contributed by atoms with van der Waals surface area (Å²) >= 11 is 6.22. The fourth-order valence-electron chi connectivity index (χ4n) is 2.39. The minimum atomic E-state index is 0.398. The van der Waals surface area contributed by atoms with E-state index in [1.165, 1.54) is 24.8 Å². The molecule has 1 aliphatic carbocycles. The van der Waals surface area contributed by atoms with Crippen LogP contribution in [0.1, 0.15) is 37.7 Å². The van der Waals surface area contributed by atoms with Crippen LogP contribution in [-0.4, -0.2) is 5.38 Å². The molecule has 2 rings (SSSR count). The molecule has 1 aliphatic rings. The van der Waals surface area contributed by atoms with Gasteiger partial charge >= 0.3 is 0 Å². The van der Waals surface area contributed by atoms with Crippen LogP contribution in [0.25, 0.3) is 0 Å². The van der Waals surface area contributed by atoms with Crippen molar-refractivity contribution < 1.29 is 0 Å². The minimum Gasteiger partial charge on any atom is -0.123 e. The van der Waals surface area contributed by atoms with Crippen molar-refractivity contribution in [2.24, 2.45) is 5.92 Å². The van der Waals surface area contributed by atoms with Crippen molar-refractivity contribution in [3.8, 4) is 0 Å². The number of halogens is 1. The Balaban J connectivity index is 2.07. The Morgan fingerprint density at radius 1 is 1.14 bits per heavy atom. The molecular weight excluding hydrogens is 192 g/mol. The molecule has 1 heteroatoms. The molecule has 14 heavy (non-hydrogen) atoms. The van der Waals surface area contributed by atoms with Gasteiger partial charge in [0.2, 0.25) is 0 Å². The van der Waals surface area contributed by atoms with E-state index >= 15 is 0 Å². The zero-order chi connectivity index (χ0) is 9.97. The van der Waals surface area contributed by atoms with Gasteiger partial charge in [0.05, 0.1) is 0 Å². The van der Waals surface area contributed by atoms with Crippen LogP contribution in [0, 0.1) is 5.92 Å². The van der Waals surface area contributed by atoms with Crippen LogP contribution in [0.3, 0.4) is 0 Å². The van der Waals surface area contributed by atoms with Crippen molar-refractivity contribution in [2.45, 2.75) is 37.5 Å². The van der Waals surface area contributed by atoms with Gasteiger partial charge in [0.1, 0.15) is 0 Å². The maximum absolute atomic E-state index is 6.22. The van der Waals surface area contributed by atoms with Gasteiger partial charge in [0, 0.05) is 5.38 Å². The SMILES string of the molecule is CC1CC(c2ccccc2)CCC1Cl. The maximum atomic E-state index is 6.22. The molecule has 1 fully saturated rings. The predicted molar refractivity (Wildman–Crippen MR) is 61.8 cm³/mol. The molecular formula is C13H17Cl. The maximum Gasteiger partial charge on any atom is 0.0362 e. The molecule has 0 spiro atoms. The lowest BCUT2D eigenvalue weighted by Crippen LogP contribution is -2.21. The molecule has 0 nitrogen and oxygen atoms in total. The van der Waals surface area contributed by atoms with Crippen LogP contribution in [0.5, 0.6) is 0 Å². The highest BCUT2D eigenvalue weighted by molar-refractivity contribution is 6.20. The molecule has 1 saturated carbocycles. The lowest BCUT2D eigenvalue weighted by Gasteiger charge is -2.30. The van der Waals surface area contributed by atoms with Crippen molar-refractivity contribution in [3.05, 3.63) is 35.9 Å². The quantitative estimate of drug-likeness (QED) is 0.607. The van der Waals surface area contributed by atoms with E-state index < -0.39 is 0 Å². The standard InChI is InChI=1S/C13H17Cl/c1-10-9-12(7-8-13(10)14)11-5-3-2-4-6-11/h2-6,10,12-13H,7-9H2,1H3. The normalized spacial score (nSPS) is 32.9. The van der Waals surface area contributed by atoms with E-state index in [1.807, 2.05) is 0 Å². The highest BCUT2D eigenvalue weighted by Crippen LogP contribution is 2.38. The van der Waals surface area contributed by atoms with Crippen LogP contribution in [-0.2, 0) is 0 Å². The van der Waals surface area contributed by atoms with E-state index in [2.05, 4.69) is 37.3 Å². The third-order valence-corrected chi connectivity index (χ3v) is 3.98. The van der Waals surface area contributed by atoms with E-state index in [1.54, 1.807) is 0 Å². The second-order valence-electron chi connectivity index (χ2n) is 4.41. The molecule has 0 N–H and O–H groups in total. The molecule has 3 atom stereocenters. The summed E-state index contributed by atoms with van der Waals surface area (Å²) in [5.41, 5.74) is 1.49. The smallest absolute Gasteiger partial charge is 0.0362 e. The van der Waals surface area contributed by atoms with Crippen molar-refractivity contribution in [1.29, 1.82) is 0 Å². The Labute approximate surface area is 91.3 Å². The first-order chi connectivity index (χ1) is 6.77. The third kappa shape index (κ3) is 2.12. The van der Waals surface area contributed by atoms with E-state index in [0.29, 0.717) is 11.3 Å². The van der Waals surface area contributed by atoms with Crippen molar-refractivity contribution >= 4 is 11.6 Å². The van der Waals surface area contributed by atoms with E-state index in [4.69, 9.17) is 11.6 Å². The highest BCUT2D eigenvalue weighted by atomic mass is 35.5. The number of benzene rings is 1. The molecule has 0 aliphatic heterocycles. The Morgan fingerprint density at radius 2 is 1.86 bits per heavy atom. The zero-order valence-electron chi connectivity index (χ0n) is 8.62. The van der Waals surface area contributed by atoms with Crippen LogP contribution in [0.15, 0.2) is 30.3 Å². The number of alkyl halides is 1. The van der Waals surface area contributed by atoms with E-state index in [9.17, 15) is 0 Å². The summed E-state index contributed by atoms with van der Waals surface area (Å²) in [7, 11) is 0. The number of hydrogen-bond donors (Lipinski definition) is 0. The zero-order valence-corrected chi connectivity index (χ0v) is 9.37. The van der Waals surface area contributed by atoms with Crippen LogP contribution in [0.4, 0.5) is 0 Å². The molecule has 0 heterocycles. The average Bonchev–Trinajstić information content (AvgIpc) is 2.23. The van der Waals surface area contributed by atoms with Crippen LogP contribution >= 0.6 is 11.6 Å². The summed E-state index contributed by atoms with van der Waals surface area (Å²) in [6.07, 6.45) is 3.67. The summed E-state index contributed by atoms with van der Waals surface area (Å²) in [6.45, 7) is 2.27. The van der Waals surface area contributed by atoms with Gasteiger partial charge in [-0.15, -0.1) is 11.6 Å². The van der Waals surface area contributed by atoms with Crippen LogP contribution < -0.4 is 0 Å². The van der Waals surface area contributed by atoms with Gasteiger partial charge in [-0.25, -0.2) is 0 Å². The van der Waals surface area contributed by atoms with Crippen molar-refractivity contribution in [2.75, 3.05) is 0 Å². The number of rotatable bonds is 1. The van der Waals surface area contributed by atoms with Gasteiger partial charge in [-0.3, -0.25) is 0 Å². The molecule has 1 aromatic rings. The molecule has 0 radical (unpaired) electrons. The minimum absolute atomic E-state index is 0.398. The summed E-state index contributed by atoms with van der Waals surface area (Å²) in [6, 6.07) is 10.8. The fraction of sp³-hybridized carbons (Fsp3) is 0.538. The first-order valence-electron chi connectivity index (χ1n) is 5.46. The average molecular weight is 209 g/mol. The lowest BCUT2D eigenvalue weighted by molar-refractivity contribution is 0.350. The van der Waals surface area contributed by atoms with Gasteiger partial charge in [-0.1, -0.05) is 37.3 Å². The lowest BCUT2D eigenvalue weighted by atomic mass is 9.78. The Bertz CT molecular complexity index is 281. The molecule has 3 unspecified atom stereocenters. The van der Waals surface area contributed by atoms with Crippen molar-refractivity contribution in [3.63, 3.8) is 0 Å². The predicted octanol–water partition coefficient (Wildman–Crippen LogP) is 4.20. The van der Waals surface area contributed by atoms with Gasteiger partial charge in [0.15, 0.2) is 0 Å². The van der Waals surface area contributed by atoms with Gasteiger partial charge in [0.25, 0.3) is 0 Å². The molecule has 0 aromatic heterocycles. The monoisotopic (exact) mass is 208 g/mol. The summed E-state index contributed by atoms with van der Waals surface area (Å²) < 4.78 is 0. The Hall–Kier alpha value is -0.490. The summed E-state index contributed by atoms with van der Waals surface area (Å²) in [5.74, 6) is 1.40. The van der Waals surface area contributed by atoms with Gasteiger partial charge in [-0.05, 0) is 36.7 Å². The largest absolute Gasteiger partial charge is 0.123 e. The second kappa shape index (κ2) is 4.35.